The molecule has 40 heavy (non-hydrogen) atoms. The fourth-order valence-corrected chi connectivity index (χ4v) is 7.91. The van der Waals surface area contributed by atoms with Gasteiger partial charge in [0.05, 0.1) is 13.5 Å². The van der Waals surface area contributed by atoms with Gasteiger partial charge in [-0.1, -0.05) is 31.2 Å². The van der Waals surface area contributed by atoms with Gasteiger partial charge in [0.1, 0.15) is 11.4 Å². The Labute approximate surface area is 236 Å². The highest BCUT2D eigenvalue weighted by atomic mass is 32.2. The minimum atomic E-state index is -0.802. The van der Waals surface area contributed by atoms with E-state index in [9.17, 15) is 14.4 Å². The lowest BCUT2D eigenvalue weighted by molar-refractivity contribution is -0.172. The molecule has 0 radical (unpaired) electrons. The second-order valence-electron chi connectivity index (χ2n) is 9.99. The molecule has 1 heterocycles. The Bertz CT molecular complexity index is 1490. The second kappa shape index (κ2) is 12.1. The summed E-state index contributed by atoms with van der Waals surface area (Å²) in [6.07, 6.45) is 4.34. The van der Waals surface area contributed by atoms with Gasteiger partial charge < -0.3 is 18.9 Å². The zero-order chi connectivity index (χ0) is 28.1. The summed E-state index contributed by atoms with van der Waals surface area (Å²) in [7, 11) is 1.23. The first-order valence-corrected chi connectivity index (χ1v) is 14.8. The molecule has 0 aliphatic heterocycles. The van der Waals surface area contributed by atoms with Crippen LogP contribution in [0.5, 0.6) is 5.75 Å². The minimum absolute atomic E-state index is 0.0775. The van der Waals surface area contributed by atoms with Crippen LogP contribution in [0.3, 0.4) is 0 Å². The molecule has 1 fully saturated rings. The molecule has 7 nitrogen and oxygen atoms in total. The molecule has 1 aliphatic rings. The molecule has 8 heteroatoms. The predicted octanol–water partition coefficient (Wildman–Crippen LogP) is 6.63. The van der Waals surface area contributed by atoms with Crippen LogP contribution in [-0.4, -0.2) is 43.8 Å². The van der Waals surface area contributed by atoms with E-state index >= 15 is 0 Å². The van der Waals surface area contributed by atoms with E-state index in [-0.39, 0.29) is 16.9 Å². The van der Waals surface area contributed by atoms with Crippen molar-refractivity contribution < 1.29 is 33.3 Å². The smallest absolute Gasteiger partial charge is 0.344 e. The van der Waals surface area contributed by atoms with Crippen molar-refractivity contribution in [1.82, 2.24) is 0 Å². The van der Waals surface area contributed by atoms with Crippen molar-refractivity contribution in [3.63, 3.8) is 0 Å². The van der Waals surface area contributed by atoms with Crippen LogP contribution >= 0.6 is 10.5 Å². The molecule has 0 unspecified atom stereocenters. The molecule has 1 saturated carbocycles. The highest BCUT2D eigenvalue weighted by molar-refractivity contribution is 7.50. The number of methoxy groups -OCH3 is 1. The van der Waals surface area contributed by atoms with Gasteiger partial charge in [0.2, 0.25) is 0 Å². The van der Waals surface area contributed by atoms with E-state index in [0.29, 0.717) is 11.3 Å². The van der Waals surface area contributed by atoms with E-state index < -0.39 is 36.7 Å². The van der Waals surface area contributed by atoms with Gasteiger partial charge in [-0.05, 0) is 62.4 Å². The number of rotatable bonds is 10. The van der Waals surface area contributed by atoms with Gasteiger partial charge in [0, 0.05) is 38.9 Å². The number of hydrogen-bond acceptors (Lipinski definition) is 7. The summed E-state index contributed by atoms with van der Waals surface area (Å²) in [5.74, 6) is -1.42. The molecule has 0 amide bonds. The van der Waals surface area contributed by atoms with Crippen molar-refractivity contribution in [2.75, 3.05) is 20.3 Å². The van der Waals surface area contributed by atoms with Gasteiger partial charge in [0.15, 0.2) is 27.5 Å². The third-order valence-corrected chi connectivity index (χ3v) is 9.83. The Morgan fingerprint density at radius 2 is 1.40 bits per heavy atom. The van der Waals surface area contributed by atoms with Crippen LogP contribution in [0, 0.1) is 0 Å². The van der Waals surface area contributed by atoms with Gasteiger partial charge in [-0.2, -0.15) is 0 Å². The van der Waals surface area contributed by atoms with Crippen LogP contribution in [-0.2, 0) is 35.0 Å². The molecule has 208 valence electrons. The Morgan fingerprint density at radius 1 is 0.800 bits per heavy atom. The molecule has 0 N–H and O–H groups in total. The zero-order valence-corrected chi connectivity index (χ0v) is 23.6. The quantitative estimate of drug-likeness (QED) is 0.122. The summed E-state index contributed by atoms with van der Waals surface area (Å²) < 4.78 is 23.7. The van der Waals surface area contributed by atoms with Crippen LogP contribution in [0.15, 0.2) is 66.7 Å². The second-order valence-corrected chi connectivity index (χ2v) is 12.0. The van der Waals surface area contributed by atoms with Crippen molar-refractivity contribution in [3.8, 4) is 10.6 Å². The summed E-state index contributed by atoms with van der Waals surface area (Å²) in [6.45, 7) is 0.901. The molecule has 1 aliphatic carbocycles. The summed E-state index contributed by atoms with van der Waals surface area (Å²) in [5.41, 5.74) is 0.213. The molecule has 3 aromatic carbocycles. The van der Waals surface area contributed by atoms with Gasteiger partial charge in [-0.25, -0.2) is 9.59 Å². The number of carbonyl (C=O) groups is 3. The van der Waals surface area contributed by atoms with Crippen LogP contribution in [0.2, 0.25) is 0 Å². The van der Waals surface area contributed by atoms with E-state index in [1.807, 2.05) is 49.4 Å². The third kappa shape index (κ3) is 5.82. The highest BCUT2D eigenvalue weighted by Crippen LogP contribution is 2.49. The Hall–Kier alpha value is -3.91. The maximum atomic E-state index is 12.7. The van der Waals surface area contributed by atoms with Crippen molar-refractivity contribution in [1.29, 1.82) is 0 Å². The first-order chi connectivity index (χ1) is 19.4. The predicted molar refractivity (Wildman–Crippen MR) is 155 cm³/mol. The van der Waals surface area contributed by atoms with Gasteiger partial charge >= 0.3 is 17.9 Å². The SMILES string of the molecule is CCC1(OC(=O)COC(=O)COC(=O)Cc2cc(-[s+]3c4ccccc4c4ccccc43)ccc2OC)CCCC1. The first kappa shape index (κ1) is 27.6. The van der Waals surface area contributed by atoms with E-state index in [1.54, 1.807) is 7.11 Å². The number of hydrogen-bond donors (Lipinski definition) is 0. The molecule has 0 spiro atoms. The number of esters is 3. The minimum Gasteiger partial charge on any atom is -0.496 e. The lowest BCUT2D eigenvalue weighted by Crippen LogP contribution is -2.33. The zero-order valence-electron chi connectivity index (χ0n) is 22.8. The Morgan fingerprint density at radius 3 is 2.02 bits per heavy atom. The molecule has 5 rings (SSSR count). The molecule has 1 aromatic heterocycles. The first-order valence-electron chi connectivity index (χ1n) is 13.6. The van der Waals surface area contributed by atoms with Crippen molar-refractivity contribution >= 4 is 48.6 Å². The van der Waals surface area contributed by atoms with Gasteiger partial charge in [0.25, 0.3) is 0 Å². The molecule has 0 bridgehead atoms. The maximum Gasteiger partial charge on any atom is 0.344 e. The van der Waals surface area contributed by atoms with Crippen LogP contribution < -0.4 is 4.74 Å². The van der Waals surface area contributed by atoms with E-state index in [1.165, 1.54) is 20.2 Å². The standard InChI is InChI=1S/C32H33O7S/c1-3-32(16-8-9-17-32)39-31(35)21-38-30(34)20-37-29(33)19-22-18-23(14-15-26(22)36-2)40-27-12-6-4-10-24(27)25-11-5-7-13-28(25)40/h4-7,10-15,18H,3,8-9,16-17,19-21H2,1-2H3/q+1. The fourth-order valence-electron chi connectivity index (χ4n) is 5.47. The van der Waals surface area contributed by atoms with Crippen LogP contribution in [0.25, 0.3) is 25.1 Å². The highest BCUT2D eigenvalue weighted by Gasteiger charge is 2.36. The van der Waals surface area contributed by atoms with Gasteiger partial charge in [-0.15, -0.1) is 0 Å². The number of thiophene rings is 1. The Balaban J connectivity index is 1.23. The van der Waals surface area contributed by atoms with Crippen LogP contribution in [0.4, 0.5) is 0 Å². The molecule has 4 aromatic rings. The number of carbonyl (C=O) groups excluding carboxylic acids is 3. The molecular formula is C32H33O7S+. The fraction of sp³-hybridized carbons (Fsp3) is 0.344. The number of fused-ring (bicyclic) bond motifs is 3. The average molecular weight is 562 g/mol. The van der Waals surface area contributed by atoms with E-state index in [4.69, 9.17) is 18.9 Å². The lowest BCUT2D eigenvalue weighted by atomic mass is 9.99. The van der Waals surface area contributed by atoms with E-state index in [2.05, 4.69) is 24.3 Å². The van der Waals surface area contributed by atoms with Crippen molar-refractivity contribution in [2.45, 2.75) is 51.0 Å². The largest absolute Gasteiger partial charge is 0.496 e. The maximum absolute atomic E-state index is 12.7. The number of benzene rings is 3. The summed E-state index contributed by atoms with van der Waals surface area (Å²) >= 11 is 0. The summed E-state index contributed by atoms with van der Waals surface area (Å²) in [6, 6.07) is 22.6. The summed E-state index contributed by atoms with van der Waals surface area (Å²) in [5, 5.41) is 2.43. The van der Waals surface area contributed by atoms with Gasteiger partial charge in [-0.3, -0.25) is 4.79 Å². The Kier molecular flexibility index (Phi) is 8.35. The molecule has 0 atom stereocenters. The third-order valence-electron chi connectivity index (χ3n) is 7.52. The lowest BCUT2D eigenvalue weighted by Gasteiger charge is -2.27. The van der Waals surface area contributed by atoms with E-state index in [0.717, 1.165) is 37.0 Å². The van der Waals surface area contributed by atoms with Crippen molar-refractivity contribution in [3.05, 3.63) is 72.3 Å². The van der Waals surface area contributed by atoms with Crippen LogP contribution in [0.1, 0.15) is 44.6 Å². The normalized spacial score (nSPS) is 14.2. The monoisotopic (exact) mass is 561 g/mol. The molecule has 0 saturated heterocycles. The molecular weight excluding hydrogens is 528 g/mol. The van der Waals surface area contributed by atoms with Crippen molar-refractivity contribution in [2.24, 2.45) is 0 Å². The topological polar surface area (TPSA) is 88.1 Å². The average Bonchev–Trinajstić information content (AvgIpc) is 3.58. The summed E-state index contributed by atoms with van der Waals surface area (Å²) in [4.78, 5) is 38.1. The number of ether oxygens (including phenoxy) is 4.